The summed E-state index contributed by atoms with van der Waals surface area (Å²) in [6.45, 7) is 5.13. The number of carbonyl (C=O) groups is 1. The molecule has 29 heavy (non-hydrogen) atoms. The highest BCUT2D eigenvalue weighted by Gasteiger charge is 2.27. The Kier molecular flexibility index (Phi) is 7.15. The maximum Gasteiger partial charge on any atom is 0.223 e. The lowest BCUT2D eigenvalue weighted by atomic mass is 9.90. The zero-order valence-electron chi connectivity index (χ0n) is 17.8. The third-order valence-corrected chi connectivity index (χ3v) is 5.81. The summed E-state index contributed by atoms with van der Waals surface area (Å²) >= 11 is 0. The Hall–Kier alpha value is -2.53. The van der Waals surface area contributed by atoms with Gasteiger partial charge in [-0.05, 0) is 68.5 Å². The number of aryl methyl sites for hydroxylation is 1. The van der Waals surface area contributed by atoms with Gasteiger partial charge in [0.2, 0.25) is 5.91 Å². The van der Waals surface area contributed by atoms with E-state index in [0.29, 0.717) is 17.5 Å². The highest BCUT2D eigenvalue weighted by molar-refractivity contribution is 5.79. The monoisotopic (exact) mass is 396 g/mol. The summed E-state index contributed by atoms with van der Waals surface area (Å²) in [5, 5.41) is 6.74. The topological polar surface area (TPSA) is 59.6 Å². The maximum atomic E-state index is 13.1. The van der Waals surface area contributed by atoms with Crippen LogP contribution in [0.2, 0.25) is 0 Å². The Bertz CT molecular complexity index is 837. The van der Waals surface area contributed by atoms with E-state index in [2.05, 4.69) is 36.6 Å². The molecule has 2 aromatic rings. The minimum absolute atomic E-state index is 0.0470. The lowest BCUT2D eigenvalue weighted by Gasteiger charge is -2.29. The second-order valence-corrected chi connectivity index (χ2v) is 7.88. The number of amides is 1. The molecule has 3 atom stereocenters. The molecule has 156 valence electrons. The van der Waals surface area contributed by atoms with Gasteiger partial charge in [-0.15, -0.1) is 0 Å². The Morgan fingerprint density at radius 2 is 1.93 bits per heavy atom. The molecule has 1 saturated heterocycles. The van der Waals surface area contributed by atoms with E-state index in [1.54, 1.807) is 14.2 Å². The molecule has 1 unspecified atom stereocenters. The predicted molar refractivity (Wildman–Crippen MR) is 116 cm³/mol. The number of rotatable bonds is 7. The molecule has 0 radical (unpaired) electrons. The lowest BCUT2D eigenvalue weighted by molar-refractivity contribution is -0.126. The number of benzene rings is 2. The van der Waals surface area contributed by atoms with Crippen molar-refractivity contribution < 1.29 is 14.3 Å². The molecule has 0 spiro atoms. The fourth-order valence-corrected chi connectivity index (χ4v) is 4.04. The minimum Gasteiger partial charge on any atom is -0.493 e. The Morgan fingerprint density at radius 3 is 2.62 bits per heavy atom. The van der Waals surface area contributed by atoms with E-state index < -0.39 is 0 Å². The van der Waals surface area contributed by atoms with Crippen LogP contribution < -0.4 is 20.1 Å². The van der Waals surface area contributed by atoms with Gasteiger partial charge in [-0.3, -0.25) is 4.79 Å². The van der Waals surface area contributed by atoms with Crippen LogP contribution in [0.15, 0.2) is 42.5 Å². The third kappa shape index (κ3) is 5.30. The van der Waals surface area contributed by atoms with E-state index in [1.165, 1.54) is 11.1 Å². The normalized spacial score (nSPS) is 20.0. The van der Waals surface area contributed by atoms with Crippen LogP contribution in [0.4, 0.5) is 0 Å². The SMILES string of the molecule is COc1ccc(C(Cc2ccccc2C)NC(=O)[C@H]2CCN[C@@H](C)C2)cc1OC. The van der Waals surface area contributed by atoms with Gasteiger partial charge >= 0.3 is 0 Å². The molecule has 0 aliphatic carbocycles. The van der Waals surface area contributed by atoms with Gasteiger partial charge in [0.15, 0.2) is 11.5 Å². The summed E-state index contributed by atoms with van der Waals surface area (Å²) < 4.78 is 10.9. The van der Waals surface area contributed by atoms with Crippen molar-refractivity contribution in [1.82, 2.24) is 10.6 Å². The number of methoxy groups -OCH3 is 2. The predicted octanol–water partition coefficient (Wildman–Crippen LogP) is 3.80. The van der Waals surface area contributed by atoms with Crippen LogP contribution in [-0.4, -0.2) is 32.7 Å². The van der Waals surface area contributed by atoms with Crippen LogP contribution >= 0.6 is 0 Å². The first-order valence-electron chi connectivity index (χ1n) is 10.3. The van der Waals surface area contributed by atoms with Gasteiger partial charge in [0.05, 0.1) is 20.3 Å². The first kappa shape index (κ1) is 21.2. The van der Waals surface area contributed by atoms with E-state index in [9.17, 15) is 4.79 Å². The lowest BCUT2D eigenvalue weighted by Crippen LogP contribution is -2.43. The van der Waals surface area contributed by atoms with Crippen LogP contribution in [0.3, 0.4) is 0 Å². The second-order valence-electron chi connectivity index (χ2n) is 7.88. The number of piperidine rings is 1. The van der Waals surface area contributed by atoms with E-state index >= 15 is 0 Å². The van der Waals surface area contributed by atoms with Gasteiger partial charge in [-0.2, -0.15) is 0 Å². The summed E-state index contributed by atoms with van der Waals surface area (Å²) in [5.74, 6) is 1.53. The largest absolute Gasteiger partial charge is 0.493 e. The van der Waals surface area contributed by atoms with Crippen molar-refractivity contribution in [3.05, 3.63) is 59.2 Å². The Labute approximate surface area is 173 Å². The molecule has 5 heteroatoms. The van der Waals surface area contributed by atoms with E-state index in [0.717, 1.165) is 31.4 Å². The highest BCUT2D eigenvalue weighted by Crippen LogP contribution is 2.32. The molecule has 1 aliphatic rings. The molecule has 1 heterocycles. The molecule has 2 N–H and O–H groups in total. The first-order valence-corrected chi connectivity index (χ1v) is 10.3. The average Bonchev–Trinajstić information content (AvgIpc) is 2.74. The summed E-state index contributed by atoms with van der Waals surface area (Å²) in [5.41, 5.74) is 3.47. The molecule has 2 aromatic carbocycles. The maximum absolute atomic E-state index is 13.1. The van der Waals surface area contributed by atoms with Gasteiger partial charge < -0.3 is 20.1 Å². The molecule has 1 fully saturated rings. The number of ether oxygens (including phenoxy) is 2. The summed E-state index contributed by atoms with van der Waals surface area (Å²) in [6, 6.07) is 14.4. The number of nitrogens with one attached hydrogen (secondary N) is 2. The fourth-order valence-electron chi connectivity index (χ4n) is 4.04. The van der Waals surface area contributed by atoms with E-state index in [1.807, 2.05) is 30.3 Å². The summed E-state index contributed by atoms with van der Waals surface area (Å²) in [7, 11) is 3.26. The number of hydrogen-bond acceptors (Lipinski definition) is 4. The van der Waals surface area contributed by atoms with E-state index in [4.69, 9.17) is 9.47 Å². The third-order valence-electron chi connectivity index (χ3n) is 5.81. The molecule has 3 rings (SSSR count). The molecule has 0 aromatic heterocycles. The molecular formula is C24H32N2O3. The average molecular weight is 397 g/mol. The fraction of sp³-hybridized carbons (Fsp3) is 0.458. The van der Waals surface area contributed by atoms with Gasteiger partial charge in [0.1, 0.15) is 0 Å². The smallest absolute Gasteiger partial charge is 0.223 e. The molecule has 0 bridgehead atoms. The van der Waals surface area contributed by atoms with Crippen molar-refractivity contribution in [2.45, 2.75) is 45.2 Å². The molecular weight excluding hydrogens is 364 g/mol. The number of carbonyl (C=O) groups excluding carboxylic acids is 1. The summed E-state index contributed by atoms with van der Waals surface area (Å²) in [6.07, 6.45) is 2.47. The van der Waals surface area contributed by atoms with Gasteiger partial charge in [-0.1, -0.05) is 30.3 Å². The summed E-state index contributed by atoms with van der Waals surface area (Å²) in [4.78, 5) is 13.1. The van der Waals surface area contributed by atoms with Crippen LogP contribution in [0.1, 0.15) is 42.5 Å². The Morgan fingerprint density at radius 1 is 1.17 bits per heavy atom. The zero-order chi connectivity index (χ0) is 20.8. The standard InChI is InChI=1S/C24H32N2O3/c1-16-7-5-6-8-18(16)14-21(19-9-10-22(28-3)23(15-19)29-4)26-24(27)20-11-12-25-17(2)13-20/h5-10,15,17,20-21,25H,11-14H2,1-4H3,(H,26,27)/t17-,20-,21?/m0/s1. The van der Waals surface area contributed by atoms with Crippen LogP contribution in [0.5, 0.6) is 11.5 Å². The van der Waals surface area contributed by atoms with Crippen LogP contribution in [0.25, 0.3) is 0 Å². The van der Waals surface area contributed by atoms with Crippen molar-refractivity contribution in [2.24, 2.45) is 5.92 Å². The molecule has 0 saturated carbocycles. The Balaban J connectivity index is 1.87. The van der Waals surface area contributed by atoms with Crippen LogP contribution in [-0.2, 0) is 11.2 Å². The van der Waals surface area contributed by atoms with Gasteiger partial charge in [0.25, 0.3) is 0 Å². The minimum atomic E-state index is -0.131. The van der Waals surface area contributed by atoms with Gasteiger partial charge in [-0.25, -0.2) is 0 Å². The van der Waals surface area contributed by atoms with Crippen molar-refractivity contribution >= 4 is 5.91 Å². The number of hydrogen-bond donors (Lipinski definition) is 2. The van der Waals surface area contributed by atoms with Crippen molar-refractivity contribution in [3.8, 4) is 11.5 Å². The van der Waals surface area contributed by atoms with Crippen molar-refractivity contribution in [2.75, 3.05) is 20.8 Å². The molecule has 5 nitrogen and oxygen atoms in total. The second kappa shape index (κ2) is 9.79. The van der Waals surface area contributed by atoms with Gasteiger partial charge in [0, 0.05) is 12.0 Å². The molecule has 1 amide bonds. The van der Waals surface area contributed by atoms with Crippen LogP contribution in [0, 0.1) is 12.8 Å². The quantitative estimate of drug-likeness (QED) is 0.747. The zero-order valence-corrected chi connectivity index (χ0v) is 17.8. The van der Waals surface area contributed by atoms with E-state index in [-0.39, 0.29) is 17.9 Å². The first-order chi connectivity index (χ1) is 14.0. The van der Waals surface area contributed by atoms with Crippen molar-refractivity contribution in [3.63, 3.8) is 0 Å². The molecule has 1 aliphatic heterocycles. The van der Waals surface area contributed by atoms with Crippen molar-refractivity contribution in [1.29, 1.82) is 0 Å². The highest BCUT2D eigenvalue weighted by atomic mass is 16.5.